The number of para-hydroxylation sites is 1. The van der Waals surface area contributed by atoms with Crippen molar-refractivity contribution in [3.05, 3.63) is 76.5 Å². The third-order valence-electron chi connectivity index (χ3n) is 5.77. The van der Waals surface area contributed by atoms with E-state index in [9.17, 15) is 9.59 Å². The van der Waals surface area contributed by atoms with E-state index >= 15 is 0 Å². The van der Waals surface area contributed by atoms with E-state index < -0.39 is 12.0 Å². The lowest BCUT2D eigenvalue weighted by atomic mass is 9.93. The van der Waals surface area contributed by atoms with Crippen LogP contribution < -0.4 is 15.4 Å². The number of benzene rings is 2. The number of ether oxygens (including phenoxy) is 2. The molecule has 2 aromatic rings. The van der Waals surface area contributed by atoms with E-state index in [0.29, 0.717) is 30.2 Å². The van der Waals surface area contributed by atoms with Gasteiger partial charge >= 0.3 is 12.0 Å². The zero-order valence-electron chi connectivity index (χ0n) is 18.5. The topological polar surface area (TPSA) is 79.9 Å². The van der Waals surface area contributed by atoms with Crippen LogP contribution in [0.3, 0.4) is 0 Å². The fourth-order valence-corrected chi connectivity index (χ4v) is 4.34. The van der Waals surface area contributed by atoms with Crippen molar-refractivity contribution in [2.45, 2.75) is 32.9 Å². The van der Waals surface area contributed by atoms with E-state index in [2.05, 4.69) is 33.7 Å². The van der Waals surface area contributed by atoms with Gasteiger partial charge < -0.3 is 20.1 Å². The molecule has 2 aliphatic rings. The maximum absolute atomic E-state index is 13.1. The quantitative estimate of drug-likeness (QED) is 0.653. The van der Waals surface area contributed by atoms with E-state index in [1.54, 1.807) is 6.92 Å². The smallest absolute Gasteiger partial charge is 0.338 e. The van der Waals surface area contributed by atoms with Crippen molar-refractivity contribution < 1.29 is 19.1 Å². The predicted octanol–water partition coefficient (Wildman–Crippen LogP) is 3.31. The number of carbonyl (C=O) groups is 2. The molecule has 2 aliphatic heterocycles. The van der Waals surface area contributed by atoms with Gasteiger partial charge in [-0.3, -0.25) is 4.90 Å². The molecule has 0 radical (unpaired) electrons. The first-order chi connectivity index (χ1) is 15.6. The highest BCUT2D eigenvalue weighted by Crippen LogP contribution is 2.34. The standard InChI is InChI=1S/C25H29N3O4/c1-3-31-21-12-8-7-11-19(21)23-22(24(29)32-4-2)20(26-25(30)27-23)16-28-14-13-17-9-5-6-10-18(17)15-28/h5-12,23H,3-4,13-16H2,1-2H3,(H2,26,27,30)/t23-/m1/s1. The van der Waals surface area contributed by atoms with Crippen molar-refractivity contribution in [1.29, 1.82) is 0 Å². The van der Waals surface area contributed by atoms with Gasteiger partial charge in [-0.15, -0.1) is 0 Å². The van der Waals surface area contributed by atoms with Crippen LogP contribution in [0.25, 0.3) is 0 Å². The van der Waals surface area contributed by atoms with Gasteiger partial charge in [0.2, 0.25) is 0 Å². The summed E-state index contributed by atoms with van der Waals surface area (Å²) in [6, 6.07) is 14.8. The SMILES string of the molecule is CCOC(=O)C1=C(CN2CCc3ccccc3C2)NC(=O)N[C@@H]1c1ccccc1OCC. The lowest BCUT2D eigenvalue weighted by Gasteiger charge is -2.34. The van der Waals surface area contributed by atoms with Gasteiger partial charge in [-0.25, -0.2) is 9.59 Å². The zero-order valence-corrected chi connectivity index (χ0v) is 18.5. The third-order valence-corrected chi connectivity index (χ3v) is 5.77. The maximum atomic E-state index is 13.1. The van der Waals surface area contributed by atoms with E-state index in [1.165, 1.54) is 11.1 Å². The second kappa shape index (κ2) is 9.87. The summed E-state index contributed by atoms with van der Waals surface area (Å²) in [7, 11) is 0. The number of rotatable bonds is 7. The molecule has 0 saturated carbocycles. The summed E-state index contributed by atoms with van der Waals surface area (Å²) in [5.41, 5.74) is 4.34. The van der Waals surface area contributed by atoms with E-state index in [4.69, 9.17) is 9.47 Å². The lowest BCUT2D eigenvalue weighted by Crippen LogP contribution is -2.49. The van der Waals surface area contributed by atoms with Crippen LogP contribution in [-0.2, 0) is 22.5 Å². The molecule has 0 aliphatic carbocycles. The summed E-state index contributed by atoms with van der Waals surface area (Å²) in [6.45, 7) is 6.47. The van der Waals surface area contributed by atoms with Gasteiger partial charge in [0, 0.05) is 30.9 Å². The number of esters is 1. The molecule has 7 heteroatoms. The first-order valence-corrected chi connectivity index (χ1v) is 11.1. The van der Waals surface area contributed by atoms with Crippen LogP contribution in [0.1, 0.15) is 36.6 Å². The van der Waals surface area contributed by atoms with Crippen molar-refractivity contribution in [3.63, 3.8) is 0 Å². The summed E-state index contributed by atoms with van der Waals surface area (Å²) in [6.07, 6.45) is 0.932. The summed E-state index contributed by atoms with van der Waals surface area (Å²) >= 11 is 0. The van der Waals surface area contributed by atoms with E-state index in [0.717, 1.165) is 25.1 Å². The Morgan fingerprint density at radius 1 is 1.06 bits per heavy atom. The zero-order chi connectivity index (χ0) is 22.5. The van der Waals surface area contributed by atoms with Gasteiger partial charge in [-0.2, -0.15) is 0 Å². The second-order valence-corrected chi connectivity index (χ2v) is 7.84. The summed E-state index contributed by atoms with van der Waals surface area (Å²) in [5, 5.41) is 5.77. The monoisotopic (exact) mass is 435 g/mol. The number of hydrogen-bond acceptors (Lipinski definition) is 5. The van der Waals surface area contributed by atoms with Gasteiger partial charge in [-0.05, 0) is 37.5 Å². The molecule has 0 spiro atoms. The van der Waals surface area contributed by atoms with Gasteiger partial charge in [0.25, 0.3) is 0 Å². The number of carbonyl (C=O) groups excluding carboxylic acids is 2. The van der Waals surface area contributed by atoms with Crippen LogP contribution in [0.15, 0.2) is 59.8 Å². The summed E-state index contributed by atoms with van der Waals surface area (Å²) in [4.78, 5) is 27.9. The average molecular weight is 436 g/mol. The Balaban J connectivity index is 1.70. The maximum Gasteiger partial charge on any atom is 0.338 e. The molecule has 32 heavy (non-hydrogen) atoms. The minimum atomic E-state index is -0.655. The molecule has 2 heterocycles. The predicted molar refractivity (Wildman–Crippen MR) is 121 cm³/mol. The first kappa shape index (κ1) is 21.9. The van der Waals surface area contributed by atoms with E-state index in [-0.39, 0.29) is 12.6 Å². The van der Waals surface area contributed by atoms with Crippen LogP contribution in [0.5, 0.6) is 5.75 Å². The Labute approximate surface area is 188 Å². The summed E-state index contributed by atoms with van der Waals surface area (Å²) < 4.78 is 11.2. The molecule has 0 saturated heterocycles. The van der Waals surface area contributed by atoms with Crippen molar-refractivity contribution >= 4 is 12.0 Å². The van der Waals surface area contributed by atoms with Crippen LogP contribution in [0, 0.1) is 0 Å². The Morgan fingerprint density at radius 3 is 2.59 bits per heavy atom. The van der Waals surface area contributed by atoms with Gasteiger partial charge in [0.05, 0.1) is 24.8 Å². The third kappa shape index (κ3) is 4.62. The fourth-order valence-electron chi connectivity index (χ4n) is 4.34. The molecule has 0 aromatic heterocycles. The number of nitrogens with one attached hydrogen (secondary N) is 2. The molecule has 0 unspecified atom stereocenters. The van der Waals surface area contributed by atoms with Crippen LogP contribution >= 0.6 is 0 Å². The molecule has 2 aromatic carbocycles. The van der Waals surface area contributed by atoms with E-state index in [1.807, 2.05) is 37.3 Å². The van der Waals surface area contributed by atoms with Gasteiger partial charge in [-0.1, -0.05) is 42.5 Å². The number of hydrogen-bond donors (Lipinski definition) is 2. The lowest BCUT2D eigenvalue weighted by molar-refractivity contribution is -0.139. The normalized spacial score (nSPS) is 18.4. The molecule has 0 fully saturated rings. The largest absolute Gasteiger partial charge is 0.494 e. The minimum Gasteiger partial charge on any atom is -0.494 e. The van der Waals surface area contributed by atoms with Gasteiger partial charge in [0.1, 0.15) is 5.75 Å². The number of amides is 2. The highest BCUT2D eigenvalue weighted by molar-refractivity contribution is 5.95. The molecule has 7 nitrogen and oxygen atoms in total. The molecular weight excluding hydrogens is 406 g/mol. The van der Waals surface area contributed by atoms with Crippen molar-refractivity contribution in [2.75, 3.05) is 26.3 Å². The Kier molecular flexibility index (Phi) is 6.75. The second-order valence-electron chi connectivity index (χ2n) is 7.84. The molecular formula is C25H29N3O4. The molecule has 2 amide bonds. The highest BCUT2D eigenvalue weighted by Gasteiger charge is 2.36. The van der Waals surface area contributed by atoms with Crippen LogP contribution in [-0.4, -0.2) is 43.2 Å². The minimum absolute atomic E-state index is 0.250. The Bertz CT molecular complexity index is 1030. The van der Waals surface area contributed by atoms with Crippen molar-refractivity contribution in [3.8, 4) is 5.75 Å². The van der Waals surface area contributed by atoms with Crippen LogP contribution in [0.2, 0.25) is 0 Å². The fraction of sp³-hybridized carbons (Fsp3) is 0.360. The number of fused-ring (bicyclic) bond motifs is 1. The van der Waals surface area contributed by atoms with Crippen molar-refractivity contribution in [2.24, 2.45) is 0 Å². The average Bonchev–Trinajstić information content (AvgIpc) is 2.79. The van der Waals surface area contributed by atoms with Gasteiger partial charge in [0.15, 0.2) is 0 Å². The number of nitrogens with zero attached hydrogens (tertiary/aromatic N) is 1. The highest BCUT2D eigenvalue weighted by atomic mass is 16.5. The molecule has 4 rings (SSSR count). The molecule has 0 bridgehead atoms. The Hall–Kier alpha value is -3.32. The molecule has 1 atom stereocenters. The first-order valence-electron chi connectivity index (χ1n) is 11.1. The number of urea groups is 1. The van der Waals surface area contributed by atoms with Crippen LogP contribution in [0.4, 0.5) is 4.79 Å². The summed E-state index contributed by atoms with van der Waals surface area (Å²) in [5.74, 6) is 0.193. The molecule has 2 N–H and O–H groups in total. The Morgan fingerprint density at radius 2 is 1.81 bits per heavy atom. The molecule has 168 valence electrons. The van der Waals surface area contributed by atoms with Crippen molar-refractivity contribution in [1.82, 2.24) is 15.5 Å².